The van der Waals surface area contributed by atoms with Gasteiger partial charge in [-0.2, -0.15) is 0 Å². The van der Waals surface area contributed by atoms with Crippen LogP contribution >= 0.6 is 0 Å². The Balaban J connectivity index is 0.840. The third-order valence-electron chi connectivity index (χ3n) is 14.3. The summed E-state index contributed by atoms with van der Waals surface area (Å²) in [6, 6.07) is 90.7. The van der Waals surface area contributed by atoms with Crippen molar-refractivity contribution in [3.05, 3.63) is 285 Å². The van der Waals surface area contributed by atoms with E-state index in [9.17, 15) is 0 Å². The summed E-state index contributed by atoms with van der Waals surface area (Å²) < 4.78 is 0. The average molecular weight is 999 g/mol. The highest BCUT2D eigenvalue weighted by molar-refractivity contribution is 5.85. The van der Waals surface area contributed by atoms with Gasteiger partial charge in [-0.15, -0.1) is 0 Å². The van der Waals surface area contributed by atoms with Gasteiger partial charge in [0.2, 0.25) is 0 Å². The monoisotopic (exact) mass is 998 g/mol. The number of hydrogen-bond acceptors (Lipinski definition) is 6. The van der Waals surface area contributed by atoms with Crippen LogP contribution in [0.25, 0.3) is 130 Å². The van der Waals surface area contributed by atoms with E-state index < -0.39 is 0 Å². The fourth-order valence-corrected chi connectivity index (χ4v) is 10.2. The van der Waals surface area contributed by atoms with Crippen molar-refractivity contribution >= 4 is 5.57 Å². The second-order valence-electron chi connectivity index (χ2n) is 19.4. The molecule has 0 aliphatic heterocycles. The first-order valence-corrected chi connectivity index (χ1v) is 26.4. The zero-order valence-corrected chi connectivity index (χ0v) is 42.7. The molecule has 368 valence electrons. The molecule has 0 saturated heterocycles. The van der Waals surface area contributed by atoms with Gasteiger partial charge in [-0.05, 0) is 104 Å². The molecule has 2 aromatic heterocycles. The van der Waals surface area contributed by atoms with Crippen LogP contribution < -0.4 is 0 Å². The minimum Gasteiger partial charge on any atom is -0.208 e. The summed E-state index contributed by atoms with van der Waals surface area (Å²) >= 11 is 0. The first-order chi connectivity index (χ1) is 38.6. The van der Waals surface area contributed by atoms with Crippen molar-refractivity contribution in [3.8, 4) is 124 Å². The van der Waals surface area contributed by atoms with Crippen LogP contribution in [0.2, 0.25) is 0 Å². The molecule has 0 bridgehead atoms. The highest BCUT2D eigenvalue weighted by atomic mass is 15.0. The molecule has 2 heterocycles. The Bertz CT molecular complexity index is 4070. The standard InChI is InChI=1S/C72H50N6/c1-5-19-49(20-6-1)57-27-15-31-61(45-57)69-73-67(74-70(77-69)62-32-16-28-58(46-62)50-21-7-2-8-22-50)55-41-37-53(38-42-55)65-35-13-14-36-66(65)54-39-43-56(44-40-54)68-75-71(63-33-17-29-59(47-63)51-23-9-3-10-24-51)78-72(76-68)64-34-18-30-60(48-64)52-25-11-4-12-26-52/h1-11,13-25,27-48H,12,26H2. The quantitative estimate of drug-likeness (QED) is 0.121. The Labute approximate surface area is 454 Å². The van der Waals surface area contributed by atoms with E-state index in [0.717, 1.165) is 102 Å². The summed E-state index contributed by atoms with van der Waals surface area (Å²) in [7, 11) is 0. The maximum atomic E-state index is 5.17. The number of allylic oxidation sites excluding steroid dienone is 4. The minimum atomic E-state index is 0.598. The minimum absolute atomic E-state index is 0.598. The van der Waals surface area contributed by atoms with E-state index in [1.807, 2.05) is 18.2 Å². The first kappa shape index (κ1) is 47.4. The predicted octanol–water partition coefficient (Wildman–Crippen LogP) is 18.1. The van der Waals surface area contributed by atoms with Crippen LogP contribution in [0.1, 0.15) is 18.4 Å². The lowest BCUT2D eigenvalue weighted by atomic mass is 9.93. The van der Waals surface area contributed by atoms with E-state index in [-0.39, 0.29) is 0 Å². The van der Waals surface area contributed by atoms with Crippen molar-refractivity contribution in [2.75, 3.05) is 0 Å². The lowest BCUT2D eigenvalue weighted by Gasteiger charge is -2.13. The molecule has 0 saturated carbocycles. The summed E-state index contributed by atoms with van der Waals surface area (Å²) in [6.45, 7) is 0. The summed E-state index contributed by atoms with van der Waals surface area (Å²) in [6.07, 6.45) is 8.60. The third-order valence-corrected chi connectivity index (χ3v) is 14.3. The second kappa shape index (κ2) is 21.5. The van der Waals surface area contributed by atoms with E-state index >= 15 is 0 Å². The van der Waals surface area contributed by atoms with Gasteiger partial charge in [0.05, 0.1) is 0 Å². The average Bonchev–Trinajstić information content (AvgIpc) is 3.55. The fraction of sp³-hybridized carbons (Fsp3) is 0.0278. The predicted molar refractivity (Wildman–Crippen MR) is 319 cm³/mol. The number of hydrogen-bond donors (Lipinski definition) is 0. The molecule has 0 atom stereocenters. The van der Waals surface area contributed by atoms with Gasteiger partial charge in [0.15, 0.2) is 34.9 Å². The van der Waals surface area contributed by atoms with Crippen molar-refractivity contribution in [3.63, 3.8) is 0 Å². The summed E-state index contributed by atoms with van der Waals surface area (Å²) in [5.74, 6) is 3.68. The maximum absolute atomic E-state index is 5.17. The van der Waals surface area contributed by atoms with Crippen LogP contribution in [0.5, 0.6) is 0 Å². The summed E-state index contributed by atoms with van der Waals surface area (Å²) in [5, 5.41) is 0. The highest BCUT2D eigenvalue weighted by Crippen LogP contribution is 2.37. The van der Waals surface area contributed by atoms with E-state index in [2.05, 4.69) is 261 Å². The van der Waals surface area contributed by atoms with E-state index in [1.54, 1.807) is 0 Å². The van der Waals surface area contributed by atoms with Crippen molar-refractivity contribution < 1.29 is 0 Å². The molecule has 0 N–H and O–H groups in total. The lowest BCUT2D eigenvalue weighted by Crippen LogP contribution is -2.01. The molecule has 10 aromatic carbocycles. The number of nitrogens with zero attached hydrogens (tertiary/aromatic N) is 6. The molecule has 1 aliphatic carbocycles. The molecule has 6 heteroatoms. The summed E-state index contributed by atoms with van der Waals surface area (Å²) in [4.78, 5) is 31.0. The Morgan fingerprint density at radius 2 is 0.500 bits per heavy atom. The van der Waals surface area contributed by atoms with Crippen LogP contribution in [0.4, 0.5) is 0 Å². The van der Waals surface area contributed by atoms with E-state index in [1.165, 1.54) is 11.1 Å². The zero-order valence-electron chi connectivity index (χ0n) is 42.7. The molecule has 0 spiro atoms. The Hall–Kier alpha value is -10.3. The molecule has 78 heavy (non-hydrogen) atoms. The van der Waals surface area contributed by atoms with Gasteiger partial charge in [-0.3, -0.25) is 0 Å². The fourth-order valence-electron chi connectivity index (χ4n) is 10.2. The molecular formula is C72H50N6. The van der Waals surface area contributed by atoms with Crippen LogP contribution in [0.3, 0.4) is 0 Å². The van der Waals surface area contributed by atoms with Gasteiger partial charge in [0.25, 0.3) is 0 Å². The summed E-state index contributed by atoms with van der Waals surface area (Å²) in [5.41, 5.74) is 19.0. The van der Waals surface area contributed by atoms with Gasteiger partial charge in [-0.25, -0.2) is 29.9 Å². The Morgan fingerprint density at radius 3 is 0.846 bits per heavy atom. The SMILES string of the molecule is C1=CCCC(c2cccc(-c3nc(-c4ccc(-c5ccccc5-c5ccc(-c6nc(-c7cccc(-c8ccccc8)c7)nc(-c7cccc(-c8ccccc8)c7)n6)cc5)cc4)nc(-c4cccc(-c5ccccc5)c4)n3)c2)=C1. The second-order valence-corrected chi connectivity index (χ2v) is 19.4. The molecule has 13 rings (SSSR count). The molecule has 0 radical (unpaired) electrons. The third kappa shape index (κ3) is 10.1. The van der Waals surface area contributed by atoms with Crippen LogP contribution in [0.15, 0.2) is 279 Å². The van der Waals surface area contributed by atoms with Crippen molar-refractivity contribution in [2.24, 2.45) is 0 Å². The van der Waals surface area contributed by atoms with Crippen molar-refractivity contribution in [2.45, 2.75) is 12.8 Å². The molecule has 12 aromatic rings. The van der Waals surface area contributed by atoms with Crippen LogP contribution in [-0.4, -0.2) is 29.9 Å². The van der Waals surface area contributed by atoms with Gasteiger partial charge in [0.1, 0.15) is 0 Å². The van der Waals surface area contributed by atoms with Crippen LogP contribution in [-0.2, 0) is 0 Å². The van der Waals surface area contributed by atoms with E-state index in [0.29, 0.717) is 34.9 Å². The smallest absolute Gasteiger partial charge is 0.164 e. The normalized spacial score (nSPS) is 12.0. The Morgan fingerprint density at radius 1 is 0.218 bits per heavy atom. The Kier molecular flexibility index (Phi) is 13.1. The maximum Gasteiger partial charge on any atom is 0.164 e. The molecule has 1 aliphatic rings. The van der Waals surface area contributed by atoms with Gasteiger partial charge in [-0.1, -0.05) is 255 Å². The largest absolute Gasteiger partial charge is 0.208 e. The van der Waals surface area contributed by atoms with Gasteiger partial charge >= 0.3 is 0 Å². The number of aromatic nitrogens is 6. The highest BCUT2D eigenvalue weighted by Gasteiger charge is 2.18. The first-order valence-electron chi connectivity index (χ1n) is 26.4. The van der Waals surface area contributed by atoms with Crippen LogP contribution in [0, 0.1) is 0 Å². The molecular weight excluding hydrogens is 949 g/mol. The molecule has 6 nitrogen and oxygen atoms in total. The topological polar surface area (TPSA) is 77.3 Å². The van der Waals surface area contributed by atoms with Crippen molar-refractivity contribution in [1.82, 2.24) is 29.9 Å². The van der Waals surface area contributed by atoms with E-state index in [4.69, 9.17) is 29.9 Å². The van der Waals surface area contributed by atoms with Crippen molar-refractivity contribution in [1.29, 1.82) is 0 Å². The number of benzene rings is 10. The zero-order chi connectivity index (χ0) is 52.0. The van der Waals surface area contributed by atoms with Gasteiger partial charge < -0.3 is 0 Å². The molecule has 0 unspecified atom stereocenters. The lowest BCUT2D eigenvalue weighted by molar-refractivity contribution is 1.05. The van der Waals surface area contributed by atoms with Gasteiger partial charge in [0, 0.05) is 33.4 Å². The number of rotatable bonds is 12. The molecule has 0 fully saturated rings. The molecule has 0 amide bonds.